The van der Waals surface area contributed by atoms with Gasteiger partial charge in [-0.15, -0.1) is 11.8 Å². The summed E-state index contributed by atoms with van der Waals surface area (Å²) in [6.07, 6.45) is -4.57. The average molecular weight is 398 g/mol. The molecule has 2 amide bonds. The van der Waals surface area contributed by atoms with Crippen molar-refractivity contribution in [3.05, 3.63) is 53.8 Å². The number of alkyl halides is 3. The maximum absolute atomic E-state index is 13.8. The van der Waals surface area contributed by atoms with Gasteiger partial charge < -0.3 is 5.32 Å². The molecular weight excluding hydrogens is 384 g/mol. The fourth-order valence-corrected chi connectivity index (χ4v) is 3.61. The highest BCUT2D eigenvalue weighted by atomic mass is 32.2. The number of anilines is 2. The Labute approximate surface area is 156 Å². The number of halogens is 4. The van der Waals surface area contributed by atoms with Crippen LogP contribution in [0.5, 0.6) is 0 Å². The summed E-state index contributed by atoms with van der Waals surface area (Å²) in [5.41, 5.74) is -0.837. The zero-order valence-corrected chi connectivity index (χ0v) is 14.8. The van der Waals surface area contributed by atoms with E-state index in [1.165, 1.54) is 18.2 Å². The monoisotopic (exact) mass is 398 g/mol. The molecule has 2 aromatic carbocycles. The first-order chi connectivity index (χ1) is 12.7. The molecule has 0 spiro atoms. The van der Waals surface area contributed by atoms with Crippen LogP contribution in [-0.4, -0.2) is 23.6 Å². The van der Waals surface area contributed by atoms with Crippen LogP contribution in [0.1, 0.15) is 12.5 Å². The summed E-state index contributed by atoms with van der Waals surface area (Å²) in [5.74, 6) is -1.58. The summed E-state index contributed by atoms with van der Waals surface area (Å²) >= 11 is 0.977. The number of nitrogens with one attached hydrogen (secondary N) is 1. The molecule has 0 bridgehead atoms. The highest BCUT2D eigenvalue weighted by Gasteiger charge is 2.35. The Morgan fingerprint density at radius 2 is 1.93 bits per heavy atom. The second kappa shape index (κ2) is 7.22. The van der Waals surface area contributed by atoms with E-state index in [0.29, 0.717) is 0 Å². The largest absolute Gasteiger partial charge is 0.416 e. The maximum atomic E-state index is 13.8. The van der Waals surface area contributed by atoms with E-state index in [-0.39, 0.29) is 22.8 Å². The zero-order chi connectivity index (χ0) is 19.8. The van der Waals surface area contributed by atoms with Gasteiger partial charge in [0, 0.05) is 4.90 Å². The molecule has 1 unspecified atom stereocenters. The Balaban J connectivity index is 1.88. The summed E-state index contributed by atoms with van der Waals surface area (Å²) in [4.78, 5) is 26.1. The van der Waals surface area contributed by atoms with Gasteiger partial charge in [-0.3, -0.25) is 14.5 Å². The number of rotatable bonds is 3. The Morgan fingerprint density at radius 3 is 2.59 bits per heavy atom. The number of benzene rings is 2. The van der Waals surface area contributed by atoms with Crippen molar-refractivity contribution in [2.45, 2.75) is 23.2 Å². The summed E-state index contributed by atoms with van der Waals surface area (Å²) < 4.78 is 52.5. The van der Waals surface area contributed by atoms with Gasteiger partial charge in [-0.05, 0) is 37.3 Å². The van der Waals surface area contributed by atoms with Gasteiger partial charge in [0.2, 0.25) is 11.8 Å². The Morgan fingerprint density at radius 1 is 1.22 bits per heavy atom. The van der Waals surface area contributed by atoms with E-state index in [9.17, 15) is 27.2 Å². The van der Waals surface area contributed by atoms with Gasteiger partial charge in [-0.25, -0.2) is 4.39 Å². The zero-order valence-electron chi connectivity index (χ0n) is 14.0. The molecule has 3 rings (SSSR count). The van der Waals surface area contributed by atoms with Gasteiger partial charge in [-0.2, -0.15) is 13.2 Å². The van der Waals surface area contributed by atoms with E-state index >= 15 is 0 Å². The Kier molecular flexibility index (Phi) is 5.14. The molecule has 0 radical (unpaired) electrons. The third-order valence-electron chi connectivity index (χ3n) is 3.94. The van der Waals surface area contributed by atoms with Crippen LogP contribution in [0, 0.1) is 5.82 Å². The molecule has 0 fully saturated rings. The topological polar surface area (TPSA) is 49.4 Å². The molecule has 0 saturated carbocycles. The minimum absolute atomic E-state index is 0.0856. The lowest BCUT2D eigenvalue weighted by Crippen LogP contribution is -2.45. The maximum Gasteiger partial charge on any atom is 0.416 e. The number of carbonyl (C=O) groups excluding carboxylic acids is 2. The standard InChI is InChI=1S/C18H14F4N2O2S/c1-10(27-15-5-3-2-4-12(15)19)17(26)24-9-16(25)23-13-8-11(18(20,21)22)6-7-14(13)24/h2-8,10H,9H2,1H3,(H,23,25). The van der Waals surface area contributed by atoms with Crippen molar-refractivity contribution >= 4 is 35.0 Å². The van der Waals surface area contributed by atoms with Gasteiger partial charge in [0.05, 0.1) is 22.2 Å². The summed E-state index contributed by atoms with van der Waals surface area (Å²) in [7, 11) is 0. The van der Waals surface area contributed by atoms with Gasteiger partial charge >= 0.3 is 6.18 Å². The first-order valence-corrected chi connectivity index (χ1v) is 8.78. The molecule has 9 heteroatoms. The van der Waals surface area contributed by atoms with E-state index in [4.69, 9.17) is 0 Å². The number of hydrogen-bond donors (Lipinski definition) is 1. The van der Waals surface area contributed by atoms with Crippen LogP contribution in [0.25, 0.3) is 0 Å². The van der Waals surface area contributed by atoms with Crippen LogP contribution in [0.3, 0.4) is 0 Å². The number of hydrogen-bond acceptors (Lipinski definition) is 3. The van der Waals surface area contributed by atoms with E-state index in [2.05, 4.69) is 5.32 Å². The second-order valence-electron chi connectivity index (χ2n) is 5.89. The molecule has 1 atom stereocenters. The number of amides is 2. The smallest absolute Gasteiger partial charge is 0.323 e. The van der Waals surface area contributed by atoms with Crippen LogP contribution in [0.4, 0.5) is 28.9 Å². The molecule has 0 saturated heterocycles. The van der Waals surface area contributed by atoms with Crippen molar-refractivity contribution < 1.29 is 27.2 Å². The van der Waals surface area contributed by atoms with Crippen molar-refractivity contribution in [2.75, 3.05) is 16.8 Å². The van der Waals surface area contributed by atoms with Crippen molar-refractivity contribution in [3.8, 4) is 0 Å². The molecule has 4 nitrogen and oxygen atoms in total. The van der Waals surface area contributed by atoms with Crippen molar-refractivity contribution in [2.24, 2.45) is 0 Å². The normalized spacial score (nSPS) is 15.1. The first kappa shape index (κ1) is 19.2. The molecule has 1 heterocycles. The van der Waals surface area contributed by atoms with E-state index in [0.717, 1.165) is 34.9 Å². The van der Waals surface area contributed by atoms with Crippen LogP contribution in [0.2, 0.25) is 0 Å². The average Bonchev–Trinajstić information content (AvgIpc) is 2.61. The Hall–Kier alpha value is -2.55. The molecule has 142 valence electrons. The van der Waals surface area contributed by atoms with Gasteiger partial charge in [0.25, 0.3) is 0 Å². The lowest BCUT2D eigenvalue weighted by atomic mass is 10.1. The van der Waals surface area contributed by atoms with Crippen molar-refractivity contribution in [3.63, 3.8) is 0 Å². The number of carbonyl (C=O) groups is 2. The predicted octanol–water partition coefficient (Wildman–Crippen LogP) is 4.31. The first-order valence-electron chi connectivity index (χ1n) is 7.90. The van der Waals surface area contributed by atoms with Crippen LogP contribution < -0.4 is 10.2 Å². The summed E-state index contributed by atoms with van der Waals surface area (Å²) in [5, 5.41) is 1.61. The van der Waals surface area contributed by atoms with Gasteiger partial charge in [-0.1, -0.05) is 12.1 Å². The van der Waals surface area contributed by atoms with Crippen LogP contribution in [0.15, 0.2) is 47.4 Å². The third-order valence-corrected chi connectivity index (χ3v) is 5.08. The van der Waals surface area contributed by atoms with Crippen molar-refractivity contribution in [1.29, 1.82) is 0 Å². The highest BCUT2D eigenvalue weighted by Crippen LogP contribution is 2.38. The third kappa shape index (κ3) is 4.08. The van der Waals surface area contributed by atoms with Crippen LogP contribution in [-0.2, 0) is 15.8 Å². The molecule has 27 heavy (non-hydrogen) atoms. The van der Waals surface area contributed by atoms with Gasteiger partial charge in [0.15, 0.2) is 0 Å². The Bertz CT molecular complexity index is 901. The quantitative estimate of drug-likeness (QED) is 0.619. The molecule has 1 aliphatic rings. The predicted molar refractivity (Wildman–Crippen MR) is 94.1 cm³/mol. The van der Waals surface area contributed by atoms with Crippen LogP contribution >= 0.6 is 11.8 Å². The van der Waals surface area contributed by atoms with Gasteiger partial charge in [0.1, 0.15) is 12.4 Å². The van der Waals surface area contributed by atoms with E-state index < -0.39 is 34.6 Å². The second-order valence-corrected chi connectivity index (χ2v) is 7.28. The molecule has 1 aliphatic heterocycles. The minimum atomic E-state index is -4.57. The lowest BCUT2D eigenvalue weighted by molar-refractivity contribution is -0.137. The minimum Gasteiger partial charge on any atom is -0.323 e. The van der Waals surface area contributed by atoms with E-state index in [1.54, 1.807) is 13.0 Å². The van der Waals surface area contributed by atoms with E-state index in [1.807, 2.05) is 0 Å². The van der Waals surface area contributed by atoms with Crippen molar-refractivity contribution in [1.82, 2.24) is 0 Å². The molecule has 2 aromatic rings. The molecule has 0 aliphatic carbocycles. The summed E-state index contributed by atoms with van der Waals surface area (Å²) in [6.45, 7) is 1.23. The lowest BCUT2D eigenvalue weighted by Gasteiger charge is -2.31. The summed E-state index contributed by atoms with van der Waals surface area (Å²) in [6, 6.07) is 8.74. The fourth-order valence-electron chi connectivity index (χ4n) is 2.66. The number of fused-ring (bicyclic) bond motifs is 1. The SMILES string of the molecule is CC(Sc1ccccc1F)C(=O)N1CC(=O)Nc2cc(C(F)(F)F)ccc21. The fraction of sp³-hybridized carbons (Fsp3) is 0.222. The molecular formula is C18H14F4N2O2S. The highest BCUT2D eigenvalue weighted by molar-refractivity contribution is 8.00. The number of thioether (sulfide) groups is 1. The molecule has 1 N–H and O–H groups in total. The molecule has 0 aromatic heterocycles. The number of nitrogens with zero attached hydrogens (tertiary/aromatic N) is 1.